The van der Waals surface area contributed by atoms with Crippen LogP contribution in [0.25, 0.3) is 11.1 Å². The van der Waals surface area contributed by atoms with Crippen LogP contribution in [0.4, 0.5) is 0 Å². The quantitative estimate of drug-likeness (QED) is 0.820. The molecule has 2 aromatic rings. The van der Waals surface area contributed by atoms with Gasteiger partial charge >= 0.3 is 11.7 Å². The fraction of sp³-hybridized carbons (Fsp3) is 0.273. The molecule has 84 valence electrons. The molecule has 2 N–H and O–H groups in total. The van der Waals surface area contributed by atoms with Crippen LogP contribution >= 0.6 is 0 Å². The molecule has 1 unspecified atom stereocenters. The number of carbonyl (C=O) groups is 1. The monoisotopic (exact) mass is 221 g/mol. The number of carboxylic acids is 1. The molecule has 0 aliphatic heterocycles. The topological polar surface area (TPSA) is 83.3 Å². The zero-order valence-corrected chi connectivity index (χ0v) is 8.69. The van der Waals surface area contributed by atoms with Crippen molar-refractivity contribution >= 4 is 17.1 Å². The molecule has 2 rings (SSSR count). The number of rotatable bonds is 3. The van der Waals surface area contributed by atoms with Crippen molar-refractivity contribution in [2.75, 3.05) is 0 Å². The van der Waals surface area contributed by atoms with Gasteiger partial charge in [-0.05, 0) is 18.1 Å². The van der Waals surface area contributed by atoms with Crippen LogP contribution in [-0.4, -0.2) is 16.1 Å². The number of aromatic nitrogens is 1. The Morgan fingerprint density at radius 1 is 1.56 bits per heavy atom. The molecule has 16 heavy (non-hydrogen) atoms. The van der Waals surface area contributed by atoms with Gasteiger partial charge in [-0.15, -0.1) is 0 Å². The minimum Gasteiger partial charge on any atom is -0.481 e. The highest BCUT2D eigenvalue weighted by Crippen LogP contribution is 2.18. The molecule has 1 aromatic carbocycles. The summed E-state index contributed by atoms with van der Waals surface area (Å²) in [5.41, 5.74) is 1.82. The van der Waals surface area contributed by atoms with Gasteiger partial charge in [0.1, 0.15) is 0 Å². The van der Waals surface area contributed by atoms with Crippen LogP contribution in [0.15, 0.2) is 27.4 Å². The minimum absolute atomic E-state index is 0.363. The smallest absolute Gasteiger partial charge is 0.417 e. The molecule has 0 bridgehead atoms. The van der Waals surface area contributed by atoms with Gasteiger partial charge in [0, 0.05) is 0 Å². The van der Waals surface area contributed by atoms with Gasteiger partial charge in [0.05, 0.1) is 11.4 Å². The predicted octanol–water partition coefficient (Wildman–Crippen LogP) is 1.38. The van der Waals surface area contributed by atoms with Crippen molar-refractivity contribution in [1.29, 1.82) is 0 Å². The van der Waals surface area contributed by atoms with Crippen molar-refractivity contribution in [3.63, 3.8) is 0 Å². The highest BCUT2D eigenvalue weighted by molar-refractivity contribution is 5.77. The Morgan fingerprint density at radius 2 is 2.31 bits per heavy atom. The van der Waals surface area contributed by atoms with Gasteiger partial charge in [0.2, 0.25) is 0 Å². The Labute approximate surface area is 90.7 Å². The molecule has 1 aromatic heterocycles. The Balaban J connectivity index is 2.44. The largest absolute Gasteiger partial charge is 0.481 e. The maximum atomic E-state index is 11.0. The van der Waals surface area contributed by atoms with E-state index < -0.39 is 17.6 Å². The lowest BCUT2D eigenvalue weighted by Crippen LogP contribution is -2.12. The summed E-state index contributed by atoms with van der Waals surface area (Å²) >= 11 is 0. The molecule has 0 aliphatic rings. The maximum absolute atomic E-state index is 11.0. The van der Waals surface area contributed by atoms with E-state index in [1.165, 1.54) is 0 Å². The minimum atomic E-state index is -0.858. The molecule has 0 saturated carbocycles. The molecule has 0 spiro atoms. The summed E-state index contributed by atoms with van der Waals surface area (Å²) in [5.74, 6) is -1.88. The molecule has 5 nitrogen and oxygen atoms in total. The lowest BCUT2D eigenvalue weighted by Gasteiger charge is -2.06. The first kappa shape index (κ1) is 10.5. The van der Waals surface area contributed by atoms with Crippen LogP contribution in [0.5, 0.6) is 0 Å². The number of aromatic amines is 1. The van der Waals surface area contributed by atoms with Crippen LogP contribution in [0.3, 0.4) is 0 Å². The van der Waals surface area contributed by atoms with E-state index >= 15 is 0 Å². The third kappa shape index (κ3) is 1.84. The van der Waals surface area contributed by atoms with Crippen molar-refractivity contribution in [3.05, 3.63) is 34.3 Å². The van der Waals surface area contributed by atoms with Crippen LogP contribution in [-0.2, 0) is 11.2 Å². The van der Waals surface area contributed by atoms with Crippen LogP contribution < -0.4 is 5.76 Å². The Morgan fingerprint density at radius 3 is 3.00 bits per heavy atom. The van der Waals surface area contributed by atoms with Crippen molar-refractivity contribution in [3.8, 4) is 0 Å². The van der Waals surface area contributed by atoms with E-state index in [4.69, 9.17) is 9.52 Å². The summed E-state index contributed by atoms with van der Waals surface area (Å²) in [4.78, 5) is 24.3. The predicted molar refractivity (Wildman–Crippen MR) is 57.3 cm³/mol. The lowest BCUT2D eigenvalue weighted by atomic mass is 10.0. The zero-order chi connectivity index (χ0) is 11.7. The number of para-hydroxylation sites is 1. The third-order valence-corrected chi connectivity index (χ3v) is 2.49. The second-order valence-corrected chi connectivity index (χ2v) is 3.75. The summed E-state index contributed by atoms with van der Waals surface area (Å²) in [6.07, 6.45) is 0.363. The van der Waals surface area contributed by atoms with Gasteiger partial charge in [0.25, 0.3) is 0 Å². The fourth-order valence-corrected chi connectivity index (χ4v) is 1.62. The first-order valence-corrected chi connectivity index (χ1v) is 4.91. The summed E-state index contributed by atoms with van der Waals surface area (Å²) in [7, 11) is 0. The number of benzene rings is 1. The second kappa shape index (κ2) is 3.84. The molecule has 0 saturated heterocycles. The number of oxazole rings is 1. The Hall–Kier alpha value is -2.04. The molecule has 5 heteroatoms. The van der Waals surface area contributed by atoms with Gasteiger partial charge in [-0.1, -0.05) is 19.1 Å². The third-order valence-electron chi connectivity index (χ3n) is 2.49. The van der Waals surface area contributed by atoms with Crippen LogP contribution in [0.1, 0.15) is 12.5 Å². The number of aliphatic carboxylic acids is 1. The summed E-state index contributed by atoms with van der Waals surface area (Å²) < 4.78 is 4.89. The average molecular weight is 221 g/mol. The first-order chi connectivity index (χ1) is 7.58. The Kier molecular flexibility index (Phi) is 2.52. The van der Waals surface area contributed by atoms with Gasteiger partial charge < -0.3 is 9.52 Å². The average Bonchev–Trinajstić information content (AvgIpc) is 2.59. The molecule has 0 aliphatic carbocycles. The number of fused-ring (bicyclic) bond motifs is 1. The number of hydrogen-bond donors (Lipinski definition) is 2. The number of nitrogens with one attached hydrogen (secondary N) is 1. The van der Waals surface area contributed by atoms with Crippen molar-refractivity contribution in [2.24, 2.45) is 5.92 Å². The van der Waals surface area contributed by atoms with E-state index in [0.717, 1.165) is 5.56 Å². The van der Waals surface area contributed by atoms with E-state index in [1.54, 1.807) is 25.1 Å². The second-order valence-electron chi connectivity index (χ2n) is 3.75. The highest BCUT2D eigenvalue weighted by atomic mass is 16.4. The molecular formula is C11H11NO4. The molecule has 0 amide bonds. The van der Waals surface area contributed by atoms with Crippen LogP contribution in [0, 0.1) is 5.92 Å². The highest BCUT2D eigenvalue weighted by Gasteiger charge is 2.14. The number of H-pyrrole nitrogens is 1. The zero-order valence-electron chi connectivity index (χ0n) is 8.69. The van der Waals surface area contributed by atoms with Gasteiger partial charge in [0.15, 0.2) is 5.58 Å². The van der Waals surface area contributed by atoms with E-state index in [1.807, 2.05) is 0 Å². The molecule has 0 fully saturated rings. The number of carboxylic acid groups (broad SMARTS) is 1. The van der Waals surface area contributed by atoms with Crippen LogP contribution in [0.2, 0.25) is 0 Å². The van der Waals surface area contributed by atoms with Crippen molar-refractivity contribution in [1.82, 2.24) is 4.98 Å². The van der Waals surface area contributed by atoms with E-state index in [-0.39, 0.29) is 0 Å². The molecule has 1 atom stereocenters. The lowest BCUT2D eigenvalue weighted by molar-refractivity contribution is -0.141. The van der Waals surface area contributed by atoms with E-state index in [2.05, 4.69) is 4.98 Å². The molecular weight excluding hydrogens is 210 g/mol. The standard InChI is InChI=1S/C11H11NO4/c1-6(10(13)14)5-7-3-2-4-8-9(7)12-11(15)16-8/h2-4,6H,5H2,1H3,(H,12,15)(H,13,14). The summed E-state index contributed by atoms with van der Waals surface area (Å²) in [5, 5.41) is 8.83. The Bertz CT molecular complexity index is 581. The summed E-state index contributed by atoms with van der Waals surface area (Å²) in [6, 6.07) is 5.19. The SMILES string of the molecule is CC(Cc1cccc2oc(=O)[nH]c12)C(=O)O. The van der Waals surface area contributed by atoms with E-state index in [9.17, 15) is 9.59 Å². The summed E-state index contributed by atoms with van der Waals surface area (Å²) in [6.45, 7) is 1.62. The normalized spacial score (nSPS) is 12.8. The number of hydrogen-bond acceptors (Lipinski definition) is 3. The van der Waals surface area contributed by atoms with Crippen molar-refractivity contribution < 1.29 is 14.3 Å². The van der Waals surface area contributed by atoms with E-state index in [0.29, 0.717) is 17.5 Å². The van der Waals surface area contributed by atoms with Crippen molar-refractivity contribution in [2.45, 2.75) is 13.3 Å². The van der Waals surface area contributed by atoms with Gasteiger partial charge in [-0.3, -0.25) is 9.78 Å². The fourth-order valence-electron chi connectivity index (χ4n) is 1.62. The maximum Gasteiger partial charge on any atom is 0.417 e. The van der Waals surface area contributed by atoms with Gasteiger partial charge in [-0.2, -0.15) is 0 Å². The first-order valence-electron chi connectivity index (χ1n) is 4.91. The molecule has 0 radical (unpaired) electrons. The van der Waals surface area contributed by atoms with Gasteiger partial charge in [-0.25, -0.2) is 4.79 Å². The molecule has 1 heterocycles.